The molecule has 0 saturated carbocycles. The summed E-state index contributed by atoms with van der Waals surface area (Å²) in [5, 5.41) is 0. The molecule has 2 aliphatic heterocycles. The highest BCUT2D eigenvalue weighted by atomic mass is 32.2. The Hall–Kier alpha value is 0.270. The first-order valence-electron chi connectivity index (χ1n) is 8.29. The van der Waals surface area contributed by atoms with E-state index in [2.05, 4.69) is 30.0 Å². The van der Waals surface area contributed by atoms with Crippen molar-refractivity contribution in [1.29, 1.82) is 0 Å². The molecule has 0 N–H and O–H groups in total. The van der Waals surface area contributed by atoms with Crippen LogP contribution in [0.5, 0.6) is 0 Å². The van der Waals surface area contributed by atoms with Crippen LogP contribution < -0.4 is 0 Å². The summed E-state index contributed by atoms with van der Waals surface area (Å²) >= 11 is 2.02. The summed E-state index contributed by atoms with van der Waals surface area (Å²) < 4.78 is 2.57. The summed E-state index contributed by atoms with van der Waals surface area (Å²) in [4.78, 5) is 2.74. The number of hydrogen-bond acceptors (Lipinski definition) is 3. The molecule has 2 fully saturated rings. The first-order chi connectivity index (χ1) is 9.19. The van der Waals surface area contributed by atoms with Crippen molar-refractivity contribution >= 4 is 11.9 Å². The molecule has 0 amide bonds. The quantitative estimate of drug-likeness (QED) is 0.710. The van der Waals surface area contributed by atoms with E-state index in [-0.39, 0.29) is 0 Å². The minimum Gasteiger partial charge on any atom is -0.303 e. The summed E-state index contributed by atoms with van der Waals surface area (Å²) in [6.07, 6.45) is 5.69. The Kier molecular flexibility index (Phi) is 6.51. The lowest BCUT2D eigenvalue weighted by Crippen LogP contribution is -2.40. The molecule has 0 aromatic rings. The third kappa shape index (κ3) is 4.95. The van der Waals surface area contributed by atoms with Gasteiger partial charge in [-0.15, -0.1) is 0 Å². The van der Waals surface area contributed by atoms with Gasteiger partial charge in [0, 0.05) is 25.4 Å². The predicted molar refractivity (Wildman–Crippen MR) is 86.4 cm³/mol. The van der Waals surface area contributed by atoms with Crippen molar-refractivity contribution in [3.05, 3.63) is 0 Å². The maximum absolute atomic E-state index is 2.74. The summed E-state index contributed by atoms with van der Waals surface area (Å²) in [6, 6.07) is 0. The van der Waals surface area contributed by atoms with Crippen LogP contribution >= 0.6 is 11.9 Å². The van der Waals surface area contributed by atoms with Gasteiger partial charge in [-0.05, 0) is 56.5 Å². The van der Waals surface area contributed by atoms with Crippen LogP contribution in [-0.2, 0) is 0 Å². The average molecular weight is 285 g/mol. The van der Waals surface area contributed by atoms with Crippen molar-refractivity contribution in [2.45, 2.75) is 46.5 Å². The van der Waals surface area contributed by atoms with Crippen LogP contribution in [-0.4, -0.2) is 47.7 Å². The molecule has 2 heterocycles. The van der Waals surface area contributed by atoms with E-state index >= 15 is 0 Å². The van der Waals surface area contributed by atoms with Crippen molar-refractivity contribution in [3.8, 4) is 0 Å². The molecular formula is C16H32N2S. The van der Waals surface area contributed by atoms with Gasteiger partial charge in [-0.2, -0.15) is 0 Å². The molecule has 0 radical (unpaired) electrons. The van der Waals surface area contributed by atoms with Crippen molar-refractivity contribution in [3.63, 3.8) is 0 Å². The predicted octanol–water partition coefficient (Wildman–Crippen LogP) is 3.73. The van der Waals surface area contributed by atoms with Crippen LogP contribution in [0, 0.1) is 17.8 Å². The molecule has 0 aliphatic carbocycles. The molecule has 19 heavy (non-hydrogen) atoms. The zero-order valence-electron chi connectivity index (χ0n) is 13.1. The lowest BCUT2D eigenvalue weighted by atomic mass is 9.86. The number of likely N-dealkylation sites (tertiary alicyclic amines) is 1. The lowest BCUT2D eigenvalue weighted by molar-refractivity contribution is 0.124. The van der Waals surface area contributed by atoms with E-state index in [1.807, 2.05) is 11.9 Å². The minimum atomic E-state index is 0.886. The van der Waals surface area contributed by atoms with Gasteiger partial charge in [0.25, 0.3) is 0 Å². The average Bonchev–Trinajstić information content (AvgIpc) is 2.42. The van der Waals surface area contributed by atoms with E-state index in [0.717, 1.165) is 17.8 Å². The second-order valence-corrected chi connectivity index (χ2v) is 8.02. The molecular weight excluding hydrogens is 252 g/mol. The maximum atomic E-state index is 2.74. The van der Waals surface area contributed by atoms with E-state index in [1.165, 1.54) is 64.2 Å². The molecule has 0 spiro atoms. The van der Waals surface area contributed by atoms with E-state index in [0.29, 0.717) is 0 Å². The minimum absolute atomic E-state index is 0.886. The largest absolute Gasteiger partial charge is 0.303 e. The van der Waals surface area contributed by atoms with Gasteiger partial charge < -0.3 is 4.90 Å². The third-order valence-corrected chi connectivity index (χ3v) is 5.97. The zero-order valence-corrected chi connectivity index (χ0v) is 13.9. The summed E-state index contributed by atoms with van der Waals surface area (Å²) in [6.45, 7) is 13.7. The molecule has 0 bridgehead atoms. The Balaban J connectivity index is 1.64. The standard InChI is InChI=1S/C16H32N2S/c1-4-19-18-11-5-15(6-12-18)13-17-9-7-16(8-10-17)14(2)3/h14-16H,4-13H2,1-3H3. The number of nitrogens with zero attached hydrogens (tertiary/aromatic N) is 2. The normalized spacial score (nSPS) is 25.3. The number of rotatable bonds is 5. The zero-order chi connectivity index (χ0) is 13.7. The topological polar surface area (TPSA) is 6.48 Å². The Bertz CT molecular complexity index is 241. The molecule has 2 saturated heterocycles. The highest BCUT2D eigenvalue weighted by Gasteiger charge is 2.25. The summed E-state index contributed by atoms with van der Waals surface area (Å²) in [7, 11) is 0. The van der Waals surface area contributed by atoms with E-state index in [9.17, 15) is 0 Å². The summed E-state index contributed by atoms with van der Waals surface area (Å²) in [5.74, 6) is 4.06. The van der Waals surface area contributed by atoms with Gasteiger partial charge in [-0.25, -0.2) is 0 Å². The SMILES string of the molecule is CCSN1CCC(CN2CCC(C(C)C)CC2)CC1. The van der Waals surface area contributed by atoms with Crippen LogP contribution in [0.1, 0.15) is 46.5 Å². The fourth-order valence-corrected chi connectivity index (χ4v) is 4.41. The first kappa shape index (κ1) is 15.7. The molecule has 0 aromatic carbocycles. The van der Waals surface area contributed by atoms with Gasteiger partial charge in [-0.3, -0.25) is 4.31 Å². The van der Waals surface area contributed by atoms with Crippen molar-refractivity contribution in [1.82, 2.24) is 9.21 Å². The van der Waals surface area contributed by atoms with Crippen LogP contribution in [0.4, 0.5) is 0 Å². The van der Waals surface area contributed by atoms with Crippen LogP contribution in [0.25, 0.3) is 0 Å². The smallest absolute Gasteiger partial charge is 0.00924 e. The van der Waals surface area contributed by atoms with Gasteiger partial charge in [0.05, 0.1) is 0 Å². The molecule has 112 valence electrons. The highest BCUT2D eigenvalue weighted by Crippen LogP contribution is 2.27. The molecule has 2 rings (SSSR count). The second-order valence-electron chi connectivity index (χ2n) is 6.67. The van der Waals surface area contributed by atoms with Crippen LogP contribution in [0.2, 0.25) is 0 Å². The van der Waals surface area contributed by atoms with Gasteiger partial charge in [0.2, 0.25) is 0 Å². The highest BCUT2D eigenvalue weighted by molar-refractivity contribution is 7.96. The lowest BCUT2D eigenvalue weighted by Gasteiger charge is -2.38. The second kappa shape index (κ2) is 7.90. The third-order valence-electron chi connectivity index (χ3n) is 4.98. The van der Waals surface area contributed by atoms with E-state index in [4.69, 9.17) is 0 Å². The maximum Gasteiger partial charge on any atom is 0.00924 e. The van der Waals surface area contributed by atoms with Crippen LogP contribution in [0.15, 0.2) is 0 Å². The molecule has 0 aromatic heterocycles. The Labute approximate surface area is 124 Å². The van der Waals surface area contributed by atoms with Gasteiger partial charge >= 0.3 is 0 Å². The van der Waals surface area contributed by atoms with E-state index < -0.39 is 0 Å². The van der Waals surface area contributed by atoms with Crippen molar-refractivity contribution in [2.75, 3.05) is 38.5 Å². The van der Waals surface area contributed by atoms with Crippen molar-refractivity contribution < 1.29 is 0 Å². The molecule has 2 nitrogen and oxygen atoms in total. The molecule has 0 unspecified atom stereocenters. The van der Waals surface area contributed by atoms with Gasteiger partial charge in [-0.1, -0.05) is 32.7 Å². The van der Waals surface area contributed by atoms with Gasteiger partial charge in [0.15, 0.2) is 0 Å². The summed E-state index contributed by atoms with van der Waals surface area (Å²) in [5.41, 5.74) is 0. The molecule has 0 atom stereocenters. The first-order valence-corrected chi connectivity index (χ1v) is 9.23. The monoisotopic (exact) mass is 284 g/mol. The van der Waals surface area contributed by atoms with E-state index in [1.54, 1.807) is 0 Å². The fourth-order valence-electron chi connectivity index (χ4n) is 3.57. The molecule has 3 heteroatoms. The number of hydrogen-bond donors (Lipinski definition) is 0. The van der Waals surface area contributed by atoms with Gasteiger partial charge in [0.1, 0.15) is 0 Å². The Morgan fingerprint density at radius 3 is 2.16 bits per heavy atom. The number of piperidine rings is 2. The van der Waals surface area contributed by atoms with Crippen LogP contribution in [0.3, 0.4) is 0 Å². The Morgan fingerprint density at radius 2 is 1.63 bits per heavy atom. The fraction of sp³-hybridized carbons (Fsp3) is 1.00. The molecule has 2 aliphatic rings. The van der Waals surface area contributed by atoms with Crippen molar-refractivity contribution in [2.24, 2.45) is 17.8 Å². The Morgan fingerprint density at radius 1 is 1.00 bits per heavy atom.